The van der Waals surface area contributed by atoms with Gasteiger partial charge in [-0.05, 0) is 0 Å². The van der Waals surface area contributed by atoms with E-state index in [4.69, 9.17) is 0 Å². The summed E-state index contributed by atoms with van der Waals surface area (Å²) < 4.78 is 73.5. The Hall–Kier alpha value is -2.07. The number of alkyl halides is 6. The average Bonchev–Trinajstić information content (AvgIpc) is 2.45. The maximum Gasteiger partial charge on any atom is 0.450 e. The van der Waals surface area contributed by atoms with Gasteiger partial charge in [0.25, 0.3) is 0 Å². The van der Waals surface area contributed by atoms with Gasteiger partial charge in [0.1, 0.15) is 20.0 Å². The molecule has 0 fully saturated rings. The summed E-state index contributed by atoms with van der Waals surface area (Å²) in [4.78, 5) is 56.4. The maximum absolute atomic E-state index is 12.4. The summed E-state index contributed by atoms with van der Waals surface area (Å²) in [5.41, 5.74) is -3.92. The van der Waals surface area contributed by atoms with Gasteiger partial charge in [0, 0.05) is 0 Å². The van der Waals surface area contributed by atoms with Crippen LogP contribution in [-0.4, -0.2) is 55.1 Å². The first kappa shape index (κ1) is 19.9. The van der Waals surface area contributed by atoms with Gasteiger partial charge in [0.2, 0.25) is 11.2 Å². The molecule has 0 unspecified atom stereocenters. The minimum Gasteiger partial charge on any atom is -0.297 e. The predicted molar refractivity (Wildman–Crippen MR) is 56.1 cm³/mol. The summed E-state index contributed by atoms with van der Waals surface area (Å²) in [6.07, 6.45) is -7.76. The molecule has 5 nitrogen and oxygen atoms in total. The molecule has 0 radical (unpaired) electrons. The molecule has 0 aliphatic heterocycles. The molecule has 0 bridgehead atoms. The Morgan fingerprint density at radius 3 is 1.14 bits per heavy atom. The third-order valence-corrected chi connectivity index (χ3v) is 2.67. The summed E-state index contributed by atoms with van der Waals surface area (Å²) >= 11 is 0. The lowest BCUT2D eigenvalue weighted by atomic mass is 9.71. The first-order valence-corrected chi connectivity index (χ1v) is 5.41. The molecule has 0 N–H and O–H groups in total. The van der Waals surface area contributed by atoms with Crippen LogP contribution in [0.15, 0.2) is 0 Å². The number of carbonyl (C=O) groups excluding carboxylic acids is 5. The van der Waals surface area contributed by atoms with E-state index in [1.54, 1.807) is 0 Å². The van der Waals surface area contributed by atoms with Crippen LogP contribution in [0.25, 0.3) is 0 Å². The fourth-order valence-electron chi connectivity index (χ4n) is 1.61. The second-order valence-electron chi connectivity index (χ2n) is 3.94. The molecule has 0 aliphatic carbocycles. The van der Waals surface area contributed by atoms with Crippen molar-refractivity contribution in [2.24, 2.45) is 5.41 Å². The molecule has 11 heteroatoms. The summed E-state index contributed by atoms with van der Waals surface area (Å²) in [5.74, 6) is -11.7. The third kappa shape index (κ3) is 3.57. The van der Waals surface area contributed by atoms with Crippen molar-refractivity contribution in [3.63, 3.8) is 0 Å². The molecule has 0 atom stereocenters. The van der Waals surface area contributed by atoms with Gasteiger partial charge in [-0.15, -0.1) is 0 Å². The van der Waals surface area contributed by atoms with E-state index in [-0.39, 0.29) is 0 Å². The molecular formula is C11H8F6O5. The number of Topliss-reactive ketones (excluding diaryl/α,β-unsaturated/α-hetero) is 5. The van der Waals surface area contributed by atoms with Gasteiger partial charge >= 0.3 is 6.18 Å². The summed E-state index contributed by atoms with van der Waals surface area (Å²) in [6, 6.07) is 0. The molecule has 0 saturated heterocycles. The minimum atomic E-state index is -5.56. The molecule has 22 heavy (non-hydrogen) atoms. The van der Waals surface area contributed by atoms with Crippen LogP contribution in [0, 0.1) is 5.41 Å². The highest BCUT2D eigenvalue weighted by molar-refractivity contribution is 6.40. The third-order valence-electron chi connectivity index (χ3n) is 2.67. The van der Waals surface area contributed by atoms with E-state index in [1.807, 2.05) is 0 Å². The lowest BCUT2D eigenvalue weighted by Gasteiger charge is -2.25. The molecule has 0 spiro atoms. The zero-order valence-electron chi connectivity index (χ0n) is 10.6. The van der Waals surface area contributed by atoms with Crippen molar-refractivity contribution in [1.82, 2.24) is 0 Å². The van der Waals surface area contributed by atoms with Crippen molar-refractivity contribution in [2.75, 3.05) is 20.0 Å². The Labute approximate surface area is 118 Å². The fraction of sp³-hybridized carbons (Fsp3) is 0.545. The molecule has 0 rings (SSSR count). The lowest BCUT2D eigenvalue weighted by Crippen LogP contribution is -2.55. The van der Waals surface area contributed by atoms with E-state index in [9.17, 15) is 50.3 Å². The smallest absolute Gasteiger partial charge is 0.297 e. The second kappa shape index (κ2) is 7.27. The van der Waals surface area contributed by atoms with Crippen LogP contribution in [0.1, 0.15) is 6.42 Å². The number of ketones is 5. The lowest BCUT2D eigenvalue weighted by molar-refractivity contribution is -0.173. The van der Waals surface area contributed by atoms with Crippen molar-refractivity contribution < 1.29 is 50.3 Å². The van der Waals surface area contributed by atoms with Crippen LogP contribution in [0.4, 0.5) is 26.3 Å². The second-order valence-corrected chi connectivity index (χ2v) is 3.94. The van der Waals surface area contributed by atoms with Crippen LogP contribution < -0.4 is 0 Å². The monoisotopic (exact) mass is 334 g/mol. The highest BCUT2D eigenvalue weighted by atomic mass is 19.4. The first-order chi connectivity index (χ1) is 9.99. The zero-order chi connectivity index (χ0) is 17.7. The SMILES string of the molecule is O=C(CC(=O)C(C(=O)CF)(C(=O)CF)C(=O)CF)C(F)(F)F. The van der Waals surface area contributed by atoms with E-state index in [0.29, 0.717) is 0 Å². The Balaban J connectivity index is 6.01. The Kier molecular flexibility index (Phi) is 6.59. The zero-order valence-corrected chi connectivity index (χ0v) is 10.6. The molecule has 0 aliphatic rings. The Morgan fingerprint density at radius 2 is 0.909 bits per heavy atom. The van der Waals surface area contributed by atoms with Gasteiger partial charge < -0.3 is 0 Å². The summed E-state index contributed by atoms with van der Waals surface area (Å²) in [7, 11) is 0. The molecule has 0 heterocycles. The van der Waals surface area contributed by atoms with E-state index >= 15 is 0 Å². The highest BCUT2D eigenvalue weighted by Crippen LogP contribution is 2.29. The van der Waals surface area contributed by atoms with Crippen molar-refractivity contribution >= 4 is 28.9 Å². The maximum atomic E-state index is 12.4. The van der Waals surface area contributed by atoms with Gasteiger partial charge in [0.05, 0.1) is 6.42 Å². The number of hydrogen-bond acceptors (Lipinski definition) is 5. The number of halogens is 6. The van der Waals surface area contributed by atoms with Crippen LogP contribution in [0.5, 0.6) is 0 Å². The molecule has 0 aromatic heterocycles. The van der Waals surface area contributed by atoms with Crippen molar-refractivity contribution in [3.8, 4) is 0 Å². The van der Waals surface area contributed by atoms with Gasteiger partial charge in [-0.1, -0.05) is 0 Å². The van der Waals surface area contributed by atoms with Gasteiger partial charge in [-0.25, -0.2) is 13.2 Å². The Morgan fingerprint density at radius 1 is 0.591 bits per heavy atom. The normalized spacial score (nSPS) is 11.9. The minimum absolute atomic E-state index is 2.20. The number of hydrogen-bond donors (Lipinski definition) is 0. The Bertz CT molecular complexity index is 469. The van der Waals surface area contributed by atoms with Crippen molar-refractivity contribution in [3.05, 3.63) is 0 Å². The molecule has 0 aromatic rings. The summed E-state index contributed by atoms with van der Waals surface area (Å²) in [6.45, 7) is -6.66. The fourth-order valence-corrected chi connectivity index (χ4v) is 1.61. The molecule has 0 saturated carbocycles. The quantitative estimate of drug-likeness (QED) is 0.457. The van der Waals surface area contributed by atoms with Crippen molar-refractivity contribution in [1.29, 1.82) is 0 Å². The van der Waals surface area contributed by atoms with E-state index in [2.05, 4.69) is 0 Å². The van der Waals surface area contributed by atoms with Crippen LogP contribution in [-0.2, 0) is 24.0 Å². The topological polar surface area (TPSA) is 85.3 Å². The summed E-state index contributed by atoms with van der Waals surface area (Å²) in [5, 5.41) is 0. The van der Waals surface area contributed by atoms with Gasteiger partial charge in [-0.3, -0.25) is 24.0 Å². The predicted octanol–water partition coefficient (Wildman–Crippen LogP) is 0.679. The van der Waals surface area contributed by atoms with Gasteiger partial charge in [-0.2, -0.15) is 13.2 Å². The number of rotatable bonds is 9. The average molecular weight is 334 g/mol. The van der Waals surface area contributed by atoms with Gasteiger partial charge in [0.15, 0.2) is 23.1 Å². The van der Waals surface area contributed by atoms with E-state index in [0.717, 1.165) is 0 Å². The van der Waals surface area contributed by atoms with Crippen LogP contribution in [0.2, 0.25) is 0 Å². The van der Waals surface area contributed by atoms with Crippen LogP contribution >= 0.6 is 0 Å². The van der Waals surface area contributed by atoms with E-state index < -0.39 is 67.0 Å². The van der Waals surface area contributed by atoms with Crippen LogP contribution in [0.3, 0.4) is 0 Å². The largest absolute Gasteiger partial charge is 0.450 e. The molecule has 0 aromatic carbocycles. The molecular weight excluding hydrogens is 326 g/mol. The first-order valence-electron chi connectivity index (χ1n) is 5.41. The van der Waals surface area contributed by atoms with E-state index in [1.165, 1.54) is 0 Å². The van der Waals surface area contributed by atoms with Crippen molar-refractivity contribution in [2.45, 2.75) is 12.6 Å². The standard InChI is InChI=1S/C11H8F6O5/c12-2-7(20)10(8(21)3-13,9(22)4-14)5(18)1-6(19)11(15,16)17/h1-4H2. The highest BCUT2D eigenvalue weighted by Gasteiger charge is 2.58. The number of carbonyl (C=O) groups is 5. The molecule has 0 amide bonds. The molecule has 124 valence electrons.